The van der Waals surface area contributed by atoms with Gasteiger partial charge in [-0.15, -0.1) is 0 Å². The Morgan fingerprint density at radius 3 is 2.44 bits per heavy atom. The zero-order valence-electron chi connectivity index (χ0n) is 5.41. The van der Waals surface area contributed by atoms with E-state index in [0.717, 1.165) is 12.8 Å². The molecule has 0 atom stereocenters. The molecule has 0 aromatic rings. The molecule has 0 aromatic heterocycles. The smallest absolute Gasteiger partial charge is 0.153 e. The molecule has 0 radical (unpaired) electrons. The number of Topliss-reactive ketones (excluding diaryl/α,β-unsaturated/α-hetero) is 1. The van der Waals surface area contributed by atoms with Crippen LogP contribution in [0.1, 0.15) is 26.2 Å². The average molecular weight is 148 g/mol. The van der Waals surface area contributed by atoms with Gasteiger partial charge in [-0.3, -0.25) is 4.79 Å². The lowest BCUT2D eigenvalue weighted by Gasteiger charge is -2.07. The van der Waals surface area contributed by atoms with Gasteiger partial charge in [-0.1, -0.05) is 6.92 Å². The molecule has 0 spiro atoms. The van der Waals surface area contributed by atoms with Crippen molar-refractivity contribution in [2.24, 2.45) is 0 Å². The van der Waals surface area contributed by atoms with Gasteiger partial charge >= 0.3 is 0 Å². The molecular weight excluding hydrogens is 138 g/mol. The van der Waals surface area contributed by atoms with Gasteiger partial charge in [-0.25, -0.2) is 4.84 Å². The zero-order chi connectivity index (χ0) is 6.91. The van der Waals surface area contributed by atoms with Crippen LogP contribution in [0, 0.1) is 0 Å². The van der Waals surface area contributed by atoms with Crippen LogP contribution in [0.15, 0.2) is 0 Å². The molecule has 0 heterocycles. The molecule has 1 N–H and O–H groups in total. The third-order valence-electron chi connectivity index (χ3n) is 1.79. The largest absolute Gasteiger partial charge is 0.298 e. The van der Waals surface area contributed by atoms with E-state index >= 15 is 0 Å². The maximum Gasteiger partial charge on any atom is 0.153 e. The van der Waals surface area contributed by atoms with Crippen molar-refractivity contribution in [2.75, 3.05) is 0 Å². The highest BCUT2D eigenvalue weighted by Gasteiger charge is 2.47. The van der Waals surface area contributed by atoms with Crippen molar-refractivity contribution < 1.29 is 4.79 Å². The predicted molar refractivity (Wildman–Crippen MR) is 36.3 cm³/mol. The minimum Gasteiger partial charge on any atom is -0.298 e. The molecule has 0 aromatic carbocycles. The number of hydrogen-bond acceptors (Lipinski definition) is 2. The Kier molecular flexibility index (Phi) is 1.78. The lowest BCUT2D eigenvalue weighted by molar-refractivity contribution is -0.121. The van der Waals surface area contributed by atoms with Crippen LogP contribution in [-0.2, 0) is 4.79 Å². The molecule has 1 rings (SSSR count). The van der Waals surface area contributed by atoms with Crippen LogP contribution in [0.2, 0.25) is 0 Å². The SMILES string of the molecule is CCC(=O)C1(NCl)CC1. The lowest BCUT2D eigenvalue weighted by Crippen LogP contribution is -2.32. The van der Waals surface area contributed by atoms with Crippen LogP contribution in [0.5, 0.6) is 0 Å². The van der Waals surface area contributed by atoms with Crippen LogP contribution < -0.4 is 4.84 Å². The number of carbonyl (C=O) groups is 1. The monoisotopic (exact) mass is 147 g/mol. The zero-order valence-corrected chi connectivity index (χ0v) is 6.16. The molecule has 3 heteroatoms. The average Bonchev–Trinajstić information content (AvgIpc) is 2.66. The molecule has 0 amide bonds. The van der Waals surface area contributed by atoms with Gasteiger partial charge in [-0.2, -0.15) is 0 Å². The van der Waals surface area contributed by atoms with Crippen molar-refractivity contribution in [3.05, 3.63) is 0 Å². The molecule has 9 heavy (non-hydrogen) atoms. The molecule has 2 nitrogen and oxygen atoms in total. The second kappa shape index (κ2) is 2.27. The standard InChI is InChI=1S/C6H10ClNO/c1-2-5(9)6(8-7)3-4-6/h8H,2-4H2,1H3. The van der Waals surface area contributed by atoms with Gasteiger partial charge < -0.3 is 0 Å². The van der Waals surface area contributed by atoms with Crippen LogP contribution in [0.4, 0.5) is 0 Å². The van der Waals surface area contributed by atoms with E-state index < -0.39 is 0 Å². The highest BCUT2D eigenvalue weighted by Crippen LogP contribution is 2.37. The van der Waals surface area contributed by atoms with Crippen LogP contribution >= 0.6 is 11.8 Å². The normalized spacial score (nSPS) is 21.6. The Morgan fingerprint density at radius 2 is 2.33 bits per heavy atom. The van der Waals surface area contributed by atoms with E-state index in [1.54, 1.807) is 0 Å². The van der Waals surface area contributed by atoms with E-state index in [4.69, 9.17) is 11.8 Å². The third kappa shape index (κ3) is 1.10. The number of halogens is 1. The Bertz CT molecular complexity index is 131. The quantitative estimate of drug-likeness (QED) is 0.609. The summed E-state index contributed by atoms with van der Waals surface area (Å²) >= 11 is 5.36. The second-order valence-electron chi connectivity index (χ2n) is 2.45. The molecule has 1 fully saturated rings. The molecule has 0 aliphatic heterocycles. The summed E-state index contributed by atoms with van der Waals surface area (Å²) in [6, 6.07) is 0. The molecule has 52 valence electrons. The van der Waals surface area contributed by atoms with Crippen molar-refractivity contribution >= 4 is 17.6 Å². The Labute approximate surface area is 59.7 Å². The summed E-state index contributed by atoms with van der Waals surface area (Å²) in [5.74, 6) is 0.234. The number of ketones is 1. The van der Waals surface area contributed by atoms with Crippen LogP contribution in [-0.4, -0.2) is 11.3 Å². The maximum atomic E-state index is 11.0. The fraction of sp³-hybridized carbons (Fsp3) is 0.833. The van der Waals surface area contributed by atoms with Crippen LogP contribution in [0.25, 0.3) is 0 Å². The molecule has 0 unspecified atom stereocenters. The lowest BCUT2D eigenvalue weighted by atomic mass is 10.1. The summed E-state index contributed by atoms with van der Waals surface area (Å²) < 4.78 is 0. The molecular formula is C6H10ClNO. The van der Waals surface area contributed by atoms with Gasteiger partial charge in [0.15, 0.2) is 5.78 Å². The molecule has 1 saturated carbocycles. The molecule has 1 aliphatic rings. The first-order valence-electron chi connectivity index (χ1n) is 3.16. The maximum absolute atomic E-state index is 11.0. The molecule has 1 aliphatic carbocycles. The Balaban J connectivity index is 2.49. The minimum absolute atomic E-state index is 0.234. The number of nitrogens with one attached hydrogen (secondary N) is 1. The summed E-state index contributed by atoms with van der Waals surface area (Å²) in [5.41, 5.74) is -0.323. The highest BCUT2D eigenvalue weighted by atomic mass is 35.5. The van der Waals surface area contributed by atoms with Crippen molar-refractivity contribution in [1.29, 1.82) is 0 Å². The van der Waals surface area contributed by atoms with E-state index in [9.17, 15) is 4.79 Å². The molecule has 0 bridgehead atoms. The van der Waals surface area contributed by atoms with Gasteiger partial charge in [-0.05, 0) is 24.6 Å². The van der Waals surface area contributed by atoms with Crippen LogP contribution in [0.3, 0.4) is 0 Å². The Hall–Kier alpha value is -0.0800. The van der Waals surface area contributed by atoms with Crippen molar-refractivity contribution in [1.82, 2.24) is 4.84 Å². The van der Waals surface area contributed by atoms with Crippen molar-refractivity contribution in [2.45, 2.75) is 31.7 Å². The first kappa shape index (κ1) is 7.03. The van der Waals surface area contributed by atoms with Crippen molar-refractivity contribution in [3.63, 3.8) is 0 Å². The minimum atomic E-state index is -0.323. The van der Waals surface area contributed by atoms with Crippen molar-refractivity contribution in [3.8, 4) is 0 Å². The summed E-state index contributed by atoms with van der Waals surface area (Å²) in [5, 5.41) is 0. The summed E-state index contributed by atoms with van der Waals surface area (Å²) in [4.78, 5) is 13.5. The number of hydrogen-bond donors (Lipinski definition) is 1. The van der Waals surface area contributed by atoms with E-state index in [0.29, 0.717) is 6.42 Å². The number of carbonyl (C=O) groups excluding carboxylic acids is 1. The summed E-state index contributed by atoms with van der Waals surface area (Å²) in [7, 11) is 0. The van der Waals surface area contributed by atoms with Gasteiger partial charge in [0.1, 0.15) is 0 Å². The first-order chi connectivity index (χ1) is 4.25. The fourth-order valence-corrected chi connectivity index (χ4v) is 1.18. The van der Waals surface area contributed by atoms with Gasteiger partial charge in [0, 0.05) is 6.42 Å². The van der Waals surface area contributed by atoms with Gasteiger partial charge in [0.2, 0.25) is 0 Å². The van der Waals surface area contributed by atoms with E-state index in [-0.39, 0.29) is 11.3 Å². The van der Waals surface area contributed by atoms with Gasteiger partial charge in [0.25, 0.3) is 0 Å². The topological polar surface area (TPSA) is 29.1 Å². The highest BCUT2D eigenvalue weighted by molar-refractivity contribution is 6.16. The second-order valence-corrected chi connectivity index (χ2v) is 2.64. The number of rotatable bonds is 3. The fourth-order valence-electron chi connectivity index (χ4n) is 0.889. The van der Waals surface area contributed by atoms with Gasteiger partial charge in [0.05, 0.1) is 5.54 Å². The molecule has 0 saturated heterocycles. The summed E-state index contributed by atoms with van der Waals surface area (Å²) in [6.45, 7) is 1.86. The third-order valence-corrected chi connectivity index (χ3v) is 2.15. The Morgan fingerprint density at radius 1 is 1.78 bits per heavy atom. The van der Waals surface area contributed by atoms with E-state index in [1.165, 1.54) is 0 Å². The van der Waals surface area contributed by atoms with E-state index in [1.807, 2.05) is 6.92 Å². The van der Waals surface area contributed by atoms with E-state index in [2.05, 4.69) is 4.84 Å². The first-order valence-corrected chi connectivity index (χ1v) is 3.54. The predicted octanol–water partition coefficient (Wildman–Crippen LogP) is 1.24. The summed E-state index contributed by atoms with van der Waals surface area (Å²) in [6.07, 6.45) is 2.39.